The van der Waals surface area contributed by atoms with E-state index < -0.39 is 0 Å². The summed E-state index contributed by atoms with van der Waals surface area (Å²) in [7, 11) is 1.68. The van der Waals surface area contributed by atoms with Crippen molar-refractivity contribution in [3.8, 4) is 0 Å². The molecule has 0 fully saturated rings. The van der Waals surface area contributed by atoms with E-state index in [0.717, 1.165) is 12.0 Å². The lowest BCUT2D eigenvalue weighted by Gasteiger charge is -2.26. The third-order valence-corrected chi connectivity index (χ3v) is 3.02. The summed E-state index contributed by atoms with van der Waals surface area (Å²) in [5.74, 6) is -0.160. The largest absolute Gasteiger partial charge is 0.369 e. The van der Waals surface area contributed by atoms with Gasteiger partial charge in [0, 0.05) is 7.05 Å². The highest BCUT2D eigenvalue weighted by Gasteiger charge is 2.19. The van der Waals surface area contributed by atoms with Gasteiger partial charge < -0.3 is 11.1 Å². The Balaban J connectivity index is 3.37. The summed E-state index contributed by atoms with van der Waals surface area (Å²) in [4.78, 5) is 1.43. The number of halogens is 1. The van der Waals surface area contributed by atoms with Crippen molar-refractivity contribution >= 4 is 40.6 Å². The van der Waals surface area contributed by atoms with E-state index in [1.165, 1.54) is 4.90 Å². The fourth-order valence-corrected chi connectivity index (χ4v) is 2.01. The molecular formula is C11H15ClN4S. The average Bonchev–Trinajstić information content (AvgIpc) is 2.30. The van der Waals surface area contributed by atoms with Gasteiger partial charge in [0.2, 0.25) is 0 Å². The summed E-state index contributed by atoms with van der Waals surface area (Å²) in [6, 6.07) is 5.56. The Bertz CT molecular complexity index is 447. The van der Waals surface area contributed by atoms with Gasteiger partial charge in [0.1, 0.15) is 0 Å². The number of hydrogen-bond donors (Lipinski definition) is 3. The first-order valence-electron chi connectivity index (χ1n) is 5.16. The molecule has 0 aromatic heterocycles. The van der Waals surface area contributed by atoms with E-state index in [9.17, 15) is 0 Å². The standard InChI is InChI=1S/C11H15ClN4S/c1-3-7-5-4-6-8(12)9(7)16(10(13)14)11(17)15-2/h4-6H,3H2,1-2H3,(H3,13,14)(H,15,17). The van der Waals surface area contributed by atoms with Crippen molar-refractivity contribution in [3.63, 3.8) is 0 Å². The number of anilines is 1. The second-order valence-electron chi connectivity index (χ2n) is 3.38. The molecule has 0 unspecified atom stereocenters. The summed E-state index contributed by atoms with van der Waals surface area (Å²) in [6.07, 6.45) is 0.784. The van der Waals surface area contributed by atoms with Gasteiger partial charge in [-0.3, -0.25) is 10.3 Å². The van der Waals surface area contributed by atoms with Crippen molar-refractivity contribution in [2.75, 3.05) is 11.9 Å². The Morgan fingerprint density at radius 1 is 1.59 bits per heavy atom. The van der Waals surface area contributed by atoms with E-state index in [0.29, 0.717) is 15.8 Å². The third kappa shape index (κ3) is 2.87. The highest BCUT2D eigenvalue weighted by Crippen LogP contribution is 2.30. The van der Waals surface area contributed by atoms with Crippen LogP contribution in [0.15, 0.2) is 18.2 Å². The maximum absolute atomic E-state index is 7.61. The molecule has 6 heteroatoms. The van der Waals surface area contributed by atoms with Crippen LogP contribution in [0.25, 0.3) is 0 Å². The van der Waals surface area contributed by atoms with Gasteiger partial charge in [-0.25, -0.2) is 0 Å². The molecule has 1 aromatic rings. The molecule has 17 heavy (non-hydrogen) atoms. The zero-order valence-electron chi connectivity index (χ0n) is 9.75. The van der Waals surface area contributed by atoms with Gasteiger partial charge in [-0.2, -0.15) is 0 Å². The lowest BCUT2D eigenvalue weighted by molar-refractivity contribution is 1.10. The van der Waals surface area contributed by atoms with Crippen molar-refractivity contribution in [1.82, 2.24) is 5.32 Å². The molecule has 0 aliphatic heterocycles. The molecule has 0 saturated heterocycles. The van der Waals surface area contributed by atoms with E-state index in [4.69, 9.17) is 35.0 Å². The topological polar surface area (TPSA) is 65.1 Å². The van der Waals surface area contributed by atoms with Crippen LogP contribution in [0.3, 0.4) is 0 Å². The minimum atomic E-state index is -0.160. The van der Waals surface area contributed by atoms with Crippen LogP contribution in [0.4, 0.5) is 5.69 Å². The van der Waals surface area contributed by atoms with Crippen molar-refractivity contribution in [1.29, 1.82) is 5.41 Å². The summed E-state index contributed by atoms with van der Waals surface area (Å²) >= 11 is 11.3. The van der Waals surface area contributed by atoms with Gasteiger partial charge in [-0.05, 0) is 30.3 Å². The Morgan fingerprint density at radius 2 is 2.24 bits per heavy atom. The maximum Gasteiger partial charge on any atom is 0.199 e. The first-order chi connectivity index (χ1) is 8.02. The zero-order valence-corrected chi connectivity index (χ0v) is 11.3. The first kappa shape index (κ1) is 13.7. The number of benzene rings is 1. The second kappa shape index (κ2) is 5.84. The highest BCUT2D eigenvalue weighted by atomic mass is 35.5. The Morgan fingerprint density at radius 3 is 2.71 bits per heavy atom. The van der Waals surface area contributed by atoms with Crippen molar-refractivity contribution in [2.45, 2.75) is 13.3 Å². The van der Waals surface area contributed by atoms with Crippen LogP contribution in [0.2, 0.25) is 5.02 Å². The number of thiocarbonyl (C=S) groups is 1. The molecule has 4 nitrogen and oxygen atoms in total. The monoisotopic (exact) mass is 270 g/mol. The summed E-state index contributed by atoms with van der Waals surface area (Å²) < 4.78 is 0. The van der Waals surface area contributed by atoms with Crippen molar-refractivity contribution in [3.05, 3.63) is 28.8 Å². The van der Waals surface area contributed by atoms with Crippen LogP contribution in [0.1, 0.15) is 12.5 Å². The van der Waals surface area contributed by atoms with Crippen molar-refractivity contribution in [2.24, 2.45) is 5.73 Å². The van der Waals surface area contributed by atoms with Crippen LogP contribution < -0.4 is 16.0 Å². The SMILES string of the molecule is CCc1cccc(Cl)c1N(C(=N)N)C(=S)NC. The molecule has 0 aliphatic carbocycles. The smallest absolute Gasteiger partial charge is 0.199 e. The molecule has 0 heterocycles. The quantitative estimate of drug-likeness (QED) is 0.438. The number of para-hydroxylation sites is 1. The molecule has 0 amide bonds. The van der Waals surface area contributed by atoms with E-state index in [2.05, 4.69) is 5.32 Å². The first-order valence-corrected chi connectivity index (χ1v) is 5.94. The lowest BCUT2D eigenvalue weighted by atomic mass is 10.1. The van der Waals surface area contributed by atoms with Gasteiger partial charge in [-0.1, -0.05) is 30.7 Å². The number of hydrogen-bond acceptors (Lipinski definition) is 2. The molecule has 0 radical (unpaired) electrons. The van der Waals surface area contributed by atoms with Gasteiger partial charge in [0.05, 0.1) is 10.7 Å². The summed E-state index contributed by atoms with van der Waals surface area (Å²) in [6.45, 7) is 2.01. The summed E-state index contributed by atoms with van der Waals surface area (Å²) in [5.41, 5.74) is 7.22. The Labute approximate surface area is 111 Å². The molecule has 0 spiro atoms. The molecule has 4 N–H and O–H groups in total. The molecule has 1 aromatic carbocycles. The fourth-order valence-electron chi connectivity index (χ4n) is 1.54. The number of rotatable bonds is 2. The fraction of sp³-hybridized carbons (Fsp3) is 0.273. The van der Waals surface area contributed by atoms with Crippen molar-refractivity contribution < 1.29 is 0 Å². The van der Waals surface area contributed by atoms with Crippen LogP contribution in [0, 0.1) is 5.41 Å². The second-order valence-corrected chi connectivity index (χ2v) is 4.17. The van der Waals surface area contributed by atoms with Gasteiger partial charge in [0.25, 0.3) is 0 Å². The van der Waals surface area contributed by atoms with E-state index in [1.807, 2.05) is 19.1 Å². The van der Waals surface area contributed by atoms with E-state index >= 15 is 0 Å². The van der Waals surface area contributed by atoms with Crippen LogP contribution in [-0.4, -0.2) is 18.1 Å². The number of nitrogens with two attached hydrogens (primary N) is 1. The number of guanidine groups is 1. The lowest BCUT2D eigenvalue weighted by Crippen LogP contribution is -2.46. The maximum atomic E-state index is 7.61. The normalized spacial score (nSPS) is 9.82. The zero-order chi connectivity index (χ0) is 13.0. The highest BCUT2D eigenvalue weighted by molar-refractivity contribution is 7.80. The minimum absolute atomic E-state index is 0.160. The van der Waals surface area contributed by atoms with E-state index in [1.54, 1.807) is 13.1 Å². The molecule has 0 saturated carbocycles. The predicted molar refractivity (Wildman–Crippen MR) is 76.9 cm³/mol. The van der Waals surface area contributed by atoms with Crippen LogP contribution >= 0.6 is 23.8 Å². The van der Waals surface area contributed by atoms with Crippen LogP contribution in [0.5, 0.6) is 0 Å². The summed E-state index contributed by atoms with van der Waals surface area (Å²) in [5, 5.41) is 11.3. The molecule has 0 atom stereocenters. The number of nitrogens with zero attached hydrogens (tertiary/aromatic N) is 1. The Hall–Kier alpha value is -1.33. The number of aryl methyl sites for hydroxylation is 1. The molecule has 1 rings (SSSR count). The number of nitrogens with one attached hydrogen (secondary N) is 2. The van der Waals surface area contributed by atoms with Gasteiger partial charge in [0.15, 0.2) is 11.1 Å². The molecule has 92 valence electrons. The van der Waals surface area contributed by atoms with Gasteiger partial charge >= 0.3 is 0 Å². The average molecular weight is 271 g/mol. The molecule has 0 bridgehead atoms. The van der Waals surface area contributed by atoms with Crippen LogP contribution in [-0.2, 0) is 6.42 Å². The third-order valence-electron chi connectivity index (χ3n) is 2.33. The van der Waals surface area contributed by atoms with Gasteiger partial charge in [-0.15, -0.1) is 0 Å². The molecule has 0 aliphatic rings. The predicted octanol–water partition coefficient (Wildman–Crippen LogP) is 2.11. The van der Waals surface area contributed by atoms with E-state index in [-0.39, 0.29) is 5.96 Å². The minimum Gasteiger partial charge on any atom is -0.369 e. The molecular weight excluding hydrogens is 256 g/mol. The Kier molecular flexibility index (Phi) is 4.72.